The number of hydrogen-bond acceptors (Lipinski definition) is 2. The van der Waals surface area contributed by atoms with Gasteiger partial charge in [0.1, 0.15) is 11.5 Å². The minimum absolute atomic E-state index is 0.0321. The van der Waals surface area contributed by atoms with Crippen molar-refractivity contribution in [1.82, 2.24) is 14.9 Å². The highest BCUT2D eigenvalue weighted by molar-refractivity contribution is 5.93. The van der Waals surface area contributed by atoms with E-state index in [0.29, 0.717) is 5.69 Å². The molecule has 0 aliphatic heterocycles. The number of aromatic nitrogens is 2. The van der Waals surface area contributed by atoms with Crippen LogP contribution in [0.1, 0.15) is 53.3 Å². The van der Waals surface area contributed by atoms with E-state index in [-0.39, 0.29) is 11.4 Å². The minimum atomic E-state index is -0.0856. The van der Waals surface area contributed by atoms with E-state index in [0.717, 1.165) is 30.8 Å². The van der Waals surface area contributed by atoms with E-state index in [9.17, 15) is 4.79 Å². The Morgan fingerprint density at radius 3 is 2.43 bits per heavy atom. The number of benzene rings is 1. The Kier molecular flexibility index (Phi) is 4.24. The number of hydrogen-bond donors (Lipinski definition) is 1. The maximum Gasteiger partial charge on any atom is 0.274 e. The molecule has 1 aliphatic rings. The second-order valence-corrected chi connectivity index (χ2v) is 6.75. The van der Waals surface area contributed by atoms with Gasteiger partial charge < -0.3 is 9.88 Å². The summed E-state index contributed by atoms with van der Waals surface area (Å²) in [5.41, 5.74) is 2.62. The summed E-state index contributed by atoms with van der Waals surface area (Å²) in [5, 5.41) is 0. The van der Waals surface area contributed by atoms with E-state index in [2.05, 4.69) is 34.2 Å². The van der Waals surface area contributed by atoms with E-state index in [1.165, 1.54) is 18.4 Å². The largest absolute Gasteiger partial charge is 0.346 e. The van der Waals surface area contributed by atoms with Crippen molar-refractivity contribution < 1.29 is 4.79 Å². The lowest BCUT2D eigenvalue weighted by atomic mass is 9.87. The van der Waals surface area contributed by atoms with Crippen LogP contribution in [0.4, 0.5) is 0 Å². The minimum Gasteiger partial charge on any atom is -0.346 e. The van der Waals surface area contributed by atoms with Crippen LogP contribution in [-0.2, 0) is 6.42 Å². The second kappa shape index (κ2) is 6.19. The number of nitrogens with one attached hydrogen (secondary N) is 1. The number of H-pyrrole nitrogens is 1. The van der Waals surface area contributed by atoms with Gasteiger partial charge in [-0.1, -0.05) is 43.2 Å². The number of rotatable bonds is 4. The van der Waals surface area contributed by atoms with Crippen molar-refractivity contribution in [3.8, 4) is 0 Å². The first kappa shape index (κ1) is 15.8. The van der Waals surface area contributed by atoms with Crippen molar-refractivity contribution in [3.05, 3.63) is 53.1 Å². The molecule has 1 saturated carbocycles. The lowest BCUT2D eigenvalue weighted by molar-refractivity contribution is 0.0561. The molecule has 0 radical (unpaired) electrons. The zero-order chi connectivity index (χ0) is 16.4. The molecule has 4 nitrogen and oxygen atoms in total. The monoisotopic (exact) mass is 311 g/mol. The summed E-state index contributed by atoms with van der Waals surface area (Å²) in [4.78, 5) is 22.5. The summed E-state index contributed by atoms with van der Waals surface area (Å²) in [7, 11) is 1.94. The first-order chi connectivity index (χ1) is 11.0. The summed E-state index contributed by atoms with van der Waals surface area (Å²) in [6, 6.07) is 10.5. The van der Waals surface area contributed by atoms with Gasteiger partial charge in [-0.2, -0.15) is 0 Å². The Balaban J connectivity index is 1.88. The van der Waals surface area contributed by atoms with Gasteiger partial charge in [0.2, 0.25) is 0 Å². The van der Waals surface area contributed by atoms with Crippen LogP contribution in [0.15, 0.2) is 30.3 Å². The predicted octanol–water partition coefficient (Wildman–Crippen LogP) is 3.65. The molecular formula is C19H25N3O. The number of imidazole rings is 1. The fraction of sp³-hybridized carbons (Fsp3) is 0.474. The summed E-state index contributed by atoms with van der Waals surface area (Å²) < 4.78 is 0. The third kappa shape index (κ3) is 3.03. The topological polar surface area (TPSA) is 49.0 Å². The molecule has 4 heteroatoms. The van der Waals surface area contributed by atoms with Gasteiger partial charge in [0, 0.05) is 18.3 Å². The molecule has 23 heavy (non-hydrogen) atoms. The van der Waals surface area contributed by atoms with E-state index >= 15 is 0 Å². The van der Waals surface area contributed by atoms with Gasteiger partial charge in [0.25, 0.3) is 5.91 Å². The normalized spacial score (nSPS) is 16.5. The Hall–Kier alpha value is -2.10. The number of amides is 1. The average Bonchev–Trinajstić information content (AvgIpc) is 3.14. The molecule has 0 bridgehead atoms. The number of likely N-dealkylation sites (N-methyl/N-ethyl adjacent to an activating group) is 1. The van der Waals surface area contributed by atoms with Crippen LogP contribution in [0.25, 0.3) is 0 Å². The van der Waals surface area contributed by atoms with Gasteiger partial charge >= 0.3 is 0 Å². The number of carbonyl (C=O) groups excluding carboxylic acids is 1. The average molecular weight is 311 g/mol. The van der Waals surface area contributed by atoms with Crippen molar-refractivity contribution in [1.29, 1.82) is 0 Å². The van der Waals surface area contributed by atoms with E-state index in [4.69, 9.17) is 0 Å². The van der Waals surface area contributed by atoms with Crippen LogP contribution in [0.5, 0.6) is 0 Å². The third-order valence-electron chi connectivity index (χ3n) is 5.13. The fourth-order valence-corrected chi connectivity index (χ4v) is 3.83. The predicted molar refractivity (Wildman–Crippen MR) is 91.5 cm³/mol. The second-order valence-electron chi connectivity index (χ2n) is 6.75. The number of carbonyl (C=O) groups is 1. The SMILES string of the molecule is Cc1nc(C(=O)N(C)C2(Cc3ccccc3)CCCC2)c(C)[nH]1. The lowest BCUT2D eigenvalue weighted by Gasteiger charge is -2.39. The molecule has 0 saturated heterocycles. The van der Waals surface area contributed by atoms with Crippen LogP contribution in [-0.4, -0.2) is 33.4 Å². The van der Waals surface area contributed by atoms with Gasteiger partial charge in [-0.3, -0.25) is 4.79 Å². The van der Waals surface area contributed by atoms with Gasteiger partial charge in [-0.25, -0.2) is 4.98 Å². The molecule has 1 aromatic carbocycles. The molecule has 0 atom stereocenters. The van der Waals surface area contributed by atoms with Crippen molar-refractivity contribution >= 4 is 5.91 Å². The van der Waals surface area contributed by atoms with Crippen molar-refractivity contribution in [2.75, 3.05) is 7.05 Å². The summed E-state index contributed by atoms with van der Waals surface area (Å²) in [5.74, 6) is 0.826. The Labute approximate surface area is 137 Å². The van der Waals surface area contributed by atoms with Crippen LogP contribution < -0.4 is 0 Å². The van der Waals surface area contributed by atoms with Crippen molar-refractivity contribution in [3.63, 3.8) is 0 Å². The molecule has 122 valence electrons. The zero-order valence-electron chi connectivity index (χ0n) is 14.2. The molecule has 1 heterocycles. The molecule has 1 aromatic heterocycles. The molecule has 1 N–H and O–H groups in total. The van der Waals surface area contributed by atoms with E-state index in [1.807, 2.05) is 31.9 Å². The molecule has 0 unspecified atom stereocenters. The molecule has 1 amide bonds. The zero-order valence-corrected chi connectivity index (χ0v) is 14.2. The third-order valence-corrected chi connectivity index (χ3v) is 5.13. The maximum absolute atomic E-state index is 13.0. The quantitative estimate of drug-likeness (QED) is 0.937. The lowest BCUT2D eigenvalue weighted by Crippen LogP contribution is -2.49. The molecule has 0 spiro atoms. The molecule has 3 rings (SSSR count). The Morgan fingerprint density at radius 2 is 1.87 bits per heavy atom. The summed E-state index contributed by atoms with van der Waals surface area (Å²) in [6.45, 7) is 3.80. The van der Waals surface area contributed by atoms with Gasteiger partial charge in [-0.15, -0.1) is 0 Å². The van der Waals surface area contributed by atoms with E-state index in [1.54, 1.807) is 0 Å². The molecular weight excluding hydrogens is 286 g/mol. The van der Waals surface area contributed by atoms with Gasteiger partial charge in [0.15, 0.2) is 0 Å². The van der Waals surface area contributed by atoms with E-state index < -0.39 is 0 Å². The first-order valence-corrected chi connectivity index (χ1v) is 8.37. The summed E-state index contributed by atoms with van der Waals surface area (Å²) >= 11 is 0. The standard InChI is InChI=1S/C19H25N3O/c1-14-17(21-15(2)20-14)18(23)22(3)19(11-7-8-12-19)13-16-9-5-4-6-10-16/h4-6,9-10H,7-8,11-13H2,1-3H3,(H,20,21). The maximum atomic E-state index is 13.0. The highest BCUT2D eigenvalue weighted by atomic mass is 16.2. The number of aromatic amines is 1. The molecule has 1 aliphatic carbocycles. The first-order valence-electron chi connectivity index (χ1n) is 8.37. The summed E-state index contributed by atoms with van der Waals surface area (Å²) in [6.07, 6.45) is 5.41. The molecule has 2 aromatic rings. The fourth-order valence-electron chi connectivity index (χ4n) is 3.83. The van der Waals surface area contributed by atoms with Gasteiger partial charge in [0.05, 0.1) is 0 Å². The highest BCUT2D eigenvalue weighted by Gasteiger charge is 2.41. The number of nitrogens with zero attached hydrogens (tertiary/aromatic N) is 2. The van der Waals surface area contributed by atoms with Crippen molar-refractivity contribution in [2.24, 2.45) is 0 Å². The van der Waals surface area contributed by atoms with Crippen LogP contribution >= 0.6 is 0 Å². The van der Waals surface area contributed by atoms with Crippen LogP contribution in [0.2, 0.25) is 0 Å². The Bertz CT molecular complexity index is 684. The van der Waals surface area contributed by atoms with Gasteiger partial charge in [-0.05, 0) is 38.7 Å². The van der Waals surface area contributed by atoms with Crippen molar-refractivity contribution in [2.45, 2.75) is 51.5 Å². The molecule has 1 fully saturated rings. The number of aryl methyl sites for hydroxylation is 2. The smallest absolute Gasteiger partial charge is 0.274 e. The highest BCUT2D eigenvalue weighted by Crippen LogP contribution is 2.38. The van der Waals surface area contributed by atoms with Crippen LogP contribution in [0, 0.1) is 13.8 Å². The Morgan fingerprint density at radius 1 is 1.22 bits per heavy atom. The van der Waals surface area contributed by atoms with Crippen LogP contribution in [0.3, 0.4) is 0 Å².